The number of aryl methyl sites for hydroxylation is 1. The number of hydrogen-bond donors (Lipinski definition) is 4. The molecule has 7 heteroatoms. The van der Waals surface area contributed by atoms with Crippen molar-refractivity contribution >= 4 is 17.7 Å². The van der Waals surface area contributed by atoms with Crippen molar-refractivity contribution in [1.82, 2.24) is 16.1 Å². The molecule has 21 heavy (non-hydrogen) atoms. The molecule has 0 bridgehead atoms. The molecule has 0 aromatic heterocycles. The number of carbonyl (C=O) groups excluding carboxylic acids is 3. The summed E-state index contributed by atoms with van der Waals surface area (Å²) in [5, 5.41) is 13.4. The zero-order valence-corrected chi connectivity index (χ0v) is 12.0. The van der Waals surface area contributed by atoms with Crippen molar-refractivity contribution in [1.29, 1.82) is 0 Å². The molecule has 1 aromatic carbocycles. The molecule has 114 valence electrons. The molecule has 0 heterocycles. The molecule has 7 nitrogen and oxygen atoms in total. The smallest absolute Gasteiger partial charge is 0.251 e. The van der Waals surface area contributed by atoms with Crippen LogP contribution in [0.25, 0.3) is 0 Å². The largest absolute Gasteiger partial charge is 0.357 e. The lowest BCUT2D eigenvalue weighted by molar-refractivity contribution is -0.129. The van der Waals surface area contributed by atoms with Gasteiger partial charge in [0.1, 0.15) is 6.04 Å². The SMILES string of the molecule is CNC(=O)[C@H](CCC(=O)NO)NC(=O)c1ccc(C)cc1. The molecule has 1 atom stereocenters. The minimum atomic E-state index is -0.846. The van der Waals surface area contributed by atoms with Gasteiger partial charge in [0.05, 0.1) is 0 Å². The van der Waals surface area contributed by atoms with Crippen molar-refractivity contribution < 1.29 is 19.6 Å². The van der Waals surface area contributed by atoms with E-state index in [0.29, 0.717) is 5.56 Å². The molecule has 0 fully saturated rings. The average Bonchev–Trinajstić information content (AvgIpc) is 2.50. The van der Waals surface area contributed by atoms with Crippen LogP contribution in [0, 0.1) is 6.92 Å². The molecule has 0 spiro atoms. The van der Waals surface area contributed by atoms with E-state index >= 15 is 0 Å². The number of carbonyl (C=O) groups is 3. The van der Waals surface area contributed by atoms with Crippen molar-refractivity contribution in [2.75, 3.05) is 7.05 Å². The normalized spacial score (nSPS) is 11.4. The number of hydrogen-bond acceptors (Lipinski definition) is 4. The molecule has 1 rings (SSSR count). The third kappa shape index (κ3) is 5.23. The molecular formula is C14H19N3O4. The maximum Gasteiger partial charge on any atom is 0.251 e. The lowest BCUT2D eigenvalue weighted by Crippen LogP contribution is -2.46. The Bertz CT molecular complexity index is 513. The summed E-state index contributed by atoms with van der Waals surface area (Å²) < 4.78 is 0. The van der Waals surface area contributed by atoms with E-state index in [9.17, 15) is 14.4 Å². The zero-order valence-electron chi connectivity index (χ0n) is 12.0. The van der Waals surface area contributed by atoms with Crippen molar-refractivity contribution in [2.24, 2.45) is 0 Å². The minimum Gasteiger partial charge on any atom is -0.357 e. The van der Waals surface area contributed by atoms with Gasteiger partial charge in [0, 0.05) is 19.0 Å². The van der Waals surface area contributed by atoms with E-state index in [2.05, 4.69) is 10.6 Å². The van der Waals surface area contributed by atoms with Gasteiger partial charge in [-0.25, -0.2) is 5.48 Å². The fraction of sp³-hybridized carbons (Fsp3) is 0.357. The second-order valence-corrected chi connectivity index (χ2v) is 4.58. The molecular weight excluding hydrogens is 274 g/mol. The third-order valence-electron chi connectivity index (χ3n) is 2.97. The van der Waals surface area contributed by atoms with Gasteiger partial charge in [-0.15, -0.1) is 0 Å². The molecule has 4 N–H and O–H groups in total. The second-order valence-electron chi connectivity index (χ2n) is 4.58. The molecule has 3 amide bonds. The lowest BCUT2D eigenvalue weighted by Gasteiger charge is -2.17. The Balaban J connectivity index is 2.71. The molecule has 0 aliphatic carbocycles. The summed E-state index contributed by atoms with van der Waals surface area (Å²) in [4.78, 5) is 34.8. The topological polar surface area (TPSA) is 108 Å². The number of benzene rings is 1. The van der Waals surface area contributed by atoms with Gasteiger partial charge in [0.25, 0.3) is 5.91 Å². The van der Waals surface area contributed by atoms with E-state index in [1.807, 2.05) is 6.92 Å². The molecule has 0 aliphatic rings. The third-order valence-corrected chi connectivity index (χ3v) is 2.97. The van der Waals surface area contributed by atoms with Crippen LogP contribution in [-0.2, 0) is 9.59 Å². The monoisotopic (exact) mass is 293 g/mol. The van der Waals surface area contributed by atoms with Crippen molar-refractivity contribution in [3.8, 4) is 0 Å². The number of nitrogens with one attached hydrogen (secondary N) is 3. The lowest BCUT2D eigenvalue weighted by atomic mass is 10.1. The number of rotatable bonds is 6. The molecule has 0 radical (unpaired) electrons. The van der Waals surface area contributed by atoms with Gasteiger partial charge in [0.15, 0.2) is 0 Å². The van der Waals surface area contributed by atoms with Crippen molar-refractivity contribution in [2.45, 2.75) is 25.8 Å². The standard InChI is InChI=1S/C14H19N3O4/c1-9-3-5-10(6-4-9)13(19)16-11(14(20)15-2)7-8-12(18)17-21/h3-6,11,21H,7-8H2,1-2H3,(H,15,20)(H,16,19)(H,17,18)/t11-/m0/s1. The van der Waals surface area contributed by atoms with E-state index < -0.39 is 23.8 Å². The van der Waals surface area contributed by atoms with Crippen molar-refractivity contribution in [3.05, 3.63) is 35.4 Å². The highest BCUT2D eigenvalue weighted by molar-refractivity contribution is 5.97. The van der Waals surface area contributed by atoms with Gasteiger partial charge in [-0.3, -0.25) is 19.6 Å². The molecule has 0 saturated heterocycles. The van der Waals surface area contributed by atoms with E-state index in [4.69, 9.17) is 5.21 Å². The van der Waals surface area contributed by atoms with Gasteiger partial charge in [-0.2, -0.15) is 0 Å². The number of hydroxylamine groups is 1. The van der Waals surface area contributed by atoms with E-state index in [1.165, 1.54) is 12.5 Å². The Morgan fingerprint density at radius 1 is 1.19 bits per heavy atom. The molecule has 0 saturated carbocycles. The van der Waals surface area contributed by atoms with Crippen LogP contribution in [0.5, 0.6) is 0 Å². The first kappa shape index (κ1) is 16.6. The van der Waals surface area contributed by atoms with Crippen LogP contribution in [0.15, 0.2) is 24.3 Å². The Kier molecular flexibility index (Phi) is 6.35. The predicted octanol–water partition coefficient (Wildman–Crippen LogP) is 0.125. The summed E-state index contributed by atoms with van der Waals surface area (Å²) in [5.41, 5.74) is 2.94. The first-order valence-electron chi connectivity index (χ1n) is 6.50. The van der Waals surface area contributed by atoms with E-state index in [1.54, 1.807) is 24.3 Å². The van der Waals surface area contributed by atoms with Gasteiger partial charge in [-0.1, -0.05) is 17.7 Å². The van der Waals surface area contributed by atoms with Crippen LogP contribution in [0.1, 0.15) is 28.8 Å². The maximum atomic E-state index is 12.1. The first-order chi connectivity index (χ1) is 9.97. The van der Waals surface area contributed by atoms with E-state index in [-0.39, 0.29) is 12.8 Å². The fourth-order valence-corrected chi connectivity index (χ4v) is 1.72. The molecule has 0 aliphatic heterocycles. The summed E-state index contributed by atoms with van der Waals surface area (Å²) >= 11 is 0. The summed E-state index contributed by atoms with van der Waals surface area (Å²) in [5.74, 6) is -1.41. The average molecular weight is 293 g/mol. The van der Waals surface area contributed by atoms with Gasteiger partial charge >= 0.3 is 0 Å². The van der Waals surface area contributed by atoms with E-state index in [0.717, 1.165) is 5.56 Å². The molecule has 1 aromatic rings. The second kappa shape index (κ2) is 8.01. The first-order valence-corrected chi connectivity index (χ1v) is 6.50. The summed E-state index contributed by atoms with van der Waals surface area (Å²) in [6, 6.07) is 6.06. The Labute approximate surface area is 122 Å². The van der Waals surface area contributed by atoms with Gasteiger partial charge in [-0.05, 0) is 25.5 Å². The van der Waals surface area contributed by atoms with Crippen LogP contribution in [0.3, 0.4) is 0 Å². The highest BCUT2D eigenvalue weighted by Gasteiger charge is 2.21. The minimum absolute atomic E-state index is 0.0806. The van der Waals surface area contributed by atoms with Crippen LogP contribution in [0.2, 0.25) is 0 Å². The molecule has 0 unspecified atom stereocenters. The van der Waals surface area contributed by atoms with Crippen LogP contribution in [-0.4, -0.2) is 36.0 Å². The summed E-state index contributed by atoms with van der Waals surface area (Å²) in [6.45, 7) is 1.91. The van der Waals surface area contributed by atoms with Gasteiger partial charge in [0.2, 0.25) is 11.8 Å². The zero-order chi connectivity index (χ0) is 15.8. The Hall–Kier alpha value is -2.41. The fourth-order valence-electron chi connectivity index (χ4n) is 1.72. The van der Waals surface area contributed by atoms with Crippen LogP contribution in [0.4, 0.5) is 0 Å². The highest BCUT2D eigenvalue weighted by atomic mass is 16.5. The summed E-state index contributed by atoms with van der Waals surface area (Å²) in [7, 11) is 1.44. The number of likely N-dealkylation sites (N-methyl/N-ethyl adjacent to an activating group) is 1. The Morgan fingerprint density at radius 3 is 2.33 bits per heavy atom. The maximum absolute atomic E-state index is 12.1. The van der Waals surface area contributed by atoms with Gasteiger partial charge < -0.3 is 10.6 Å². The Morgan fingerprint density at radius 2 is 1.81 bits per heavy atom. The van der Waals surface area contributed by atoms with Crippen LogP contribution < -0.4 is 16.1 Å². The number of amides is 3. The predicted molar refractivity (Wildman–Crippen MR) is 75.7 cm³/mol. The summed E-state index contributed by atoms with van der Waals surface area (Å²) in [6.07, 6.45) is 0.00638. The van der Waals surface area contributed by atoms with Crippen LogP contribution >= 0.6 is 0 Å². The quantitative estimate of drug-likeness (QED) is 0.441. The highest BCUT2D eigenvalue weighted by Crippen LogP contribution is 2.05. The van der Waals surface area contributed by atoms with Crippen molar-refractivity contribution in [3.63, 3.8) is 0 Å².